The van der Waals surface area contributed by atoms with Gasteiger partial charge in [0.15, 0.2) is 0 Å². The summed E-state index contributed by atoms with van der Waals surface area (Å²) in [7, 11) is 0. The van der Waals surface area contributed by atoms with Crippen LogP contribution in [0.2, 0.25) is 0 Å². The number of alkyl carbamates (subject to hydrolysis) is 1. The van der Waals surface area contributed by atoms with Crippen molar-refractivity contribution in [3.05, 3.63) is 33.4 Å². The highest BCUT2D eigenvalue weighted by Gasteiger charge is 2.53. The van der Waals surface area contributed by atoms with Crippen LogP contribution in [0.3, 0.4) is 0 Å². The molecule has 2 aliphatic rings. The first-order valence-electron chi connectivity index (χ1n) is 8.95. The van der Waals surface area contributed by atoms with Gasteiger partial charge in [0.1, 0.15) is 17.3 Å². The number of aromatic nitrogens is 1. The summed E-state index contributed by atoms with van der Waals surface area (Å²) in [6, 6.07) is -1.15. The summed E-state index contributed by atoms with van der Waals surface area (Å²) in [5, 5.41) is 12.2. The molecule has 1 saturated heterocycles. The Labute approximate surface area is 166 Å². The van der Waals surface area contributed by atoms with Gasteiger partial charge in [0.05, 0.1) is 17.2 Å². The van der Waals surface area contributed by atoms with Crippen LogP contribution in [-0.2, 0) is 14.3 Å². The molecule has 9 heteroatoms. The maximum Gasteiger partial charge on any atom is 0.408 e. The van der Waals surface area contributed by atoms with E-state index in [4.69, 9.17) is 4.74 Å². The molecule has 8 nitrogen and oxygen atoms in total. The molecule has 2 aliphatic heterocycles. The second-order valence-electron chi connectivity index (χ2n) is 7.75. The molecular formula is C19H23N3O5S. The van der Waals surface area contributed by atoms with Crippen molar-refractivity contribution in [3.8, 4) is 0 Å². The molecule has 0 bridgehead atoms. The van der Waals surface area contributed by atoms with Gasteiger partial charge in [-0.25, -0.2) is 14.6 Å². The Bertz CT molecular complexity index is 880. The van der Waals surface area contributed by atoms with Gasteiger partial charge in [-0.05, 0) is 52.2 Å². The highest BCUT2D eigenvalue weighted by atomic mass is 32.1. The number of carboxylic acids is 1. The van der Waals surface area contributed by atoms with E-state index in [9.17, 15) is 19.5 Å². The van der Waals surface area contributed by atoms with E-state index in [2.05, 4.69) is 10.3 Å². The molecule has 1 aromatic heterocycles. The first-order chi connectivity index (χ1) is 13.1. The van der Waals surface area contributed by atoms with Crippen molar-refractivity contribution in [1.82, 2.24) is 15.2 Å². The molecular weight excluding hydrogens is 382 g/mol. The van der Waals surface area contributed by atoms with E-state index in [1.54, 1.807) is 32.4 Å². The SMILES string of the molecule is Cc1ncsc1C=CC1=C(C(=O)O)N2C(=O)C(NC(=O)OC(C)(C)C)C2CC1. The van der Waals surface area contributed by atoms with Gasteiger partial charge in [-0.3, -0.25) is 9.69 Å². The molecule has 2 unspecified atom stereocenters. The zero-order valence-electron chi connectivity index (χ0n) is 16.2. The Morgan fingerprint density at radius 2 is 2.11 bits per heavy atom. The van der Waals surface area contributed by atoms with Gasteiger partial charge in [0, 0.05) is 4.88 Å². The first-order valence-corrected chi connectivity index (χ1v) is 9.83. The lowest BCUT2D eigenvalue weighted by molar-refractivity contribution is -0.154. The molecule has 1 aromatic rings. The Hall–Kier alpha value is -2.68. The quantitative estimate of drug-likeness (QED) is 0.746. The molecule has 0 spiro atoms. The van der Waals surface area contributed by atoms with E-state index >= 15 is 0 Å². The number of nitrogens with zero attached hydrogens (tertiary/aromatic N) is 2. The number of aryl methyl sites for hydroxylation is 1. The van der Waals surface area contributed by atoms with Gasteiger partial charge in [0.2, 0.25) is 0 Å². The number of thiazole rings is 1. The largest absolute Gasteiger partial charge is 0.477 e. The standard InChI is InChI=1S/C19H23N3O5S/c1-10-13(28-9-20-10)8-6-11-5-7-12-14(21-18(26)27-19(2,3)4)16(23)22(12)15(11)17(24)25/h6,8-9,12,14H,5,7H2,1-4H3,(H,21,26)(H,24,25). The summed E-state index contributed by atoms with van der Waals surface area (Å²) in [4.78, 5) is 42.8. The van der Waals surface area contributed by atoms with Crippen LogP contribution >= 0.6 is 11.3 Å². The lowest BCUT2D eigenvalue weighted by Gasteiger charge is -2.49. The van der Waals surface area contributed by atoms with E-state index in [1.807, 2.05) is 13.0 Å². The van der Waals surface area contributed by atoms with Crippen LogP contribution in [0.4, 0.5) is 4.79 Å². The average molecular weight is 405 g/mol. The lowest BCUT2D eigenvalue weighted by Crippen LogP contribution is -2.71. The van der Waals surface area contributed by atoms with Crippen LogP contribution in [0.1, 0.15) is 44.2 Å². The van der Waals surface area contributed by atoms with Crippen molar-refractivity contribution < 1.29 is 24.2 Å². The van der Waals surface area contributed by atoms with Gasteiger partial charge in [-0.15, -0.1) is 11.3 Å². The third-order valence-corrected chi connectivity index (χ3v) is 5.46. The summed E-state index contributed by atoms with van der Waals surface area (Å²) in [6.45, 7) is 7.08. The minimum absolute atomic E-state index is 0.0260. The topological polar surface area (TPSA) is 109 Å². The number of hydrogen-bond donors (Lipinski definition) is 2. The summed E-state index contributed by atoms with van der Waals surface area (Å²) in [5.74, 6) is -1.60. The van der Waals surface area contributed by atoms with Crippen LogP contribution in [0.15, 0.2) is 22.9 Å². The number of rotatable bonds is 4. The number of nitrogens with one attached hydrogen (secondary N) is 1. The fourth-order valence-corrected chi connectivity index (χ4v) is 4.03. The van der Waals surface area contributed by atoms with E-state index in [0.717, 1.165) is 10.6 Å². The van der Waals surface area contributed by atoms with E-state index in [1.165, 1.54) is 16.2 Å². The van der Waals surface area contributed by atoms with E-state index < -0.39 is 29.6 Å². The number of allylic oxidation sites excluding steroid dienone is 2. The molecule has 2 amide bonds. The Kier molecular flexibility index (Phi) is 5.29. The van der Waals surface area contributed by atoms with Crippen molar-refractivity contribution in [2.24, 2.45) is 0 Å². The number of carboxylic acid groups (broad SMARTS) is 1. The van der Waals surface area contributed by atoms with E-state index in [-0.39, 0.29) is 11.7 Å². The van der Waals surface area contributed by atoms with Crippen LogP contribution in [-0.4, -0.2) is 50.6 Å². The second-order valence-corrected chi connectivity index (χ2v) is 8.64. The fourth-order valence-electron chi connectivity index (χ4n) is 3.34. The zero-order valence-corrected chi connectivity index (χ0v) is 17.0. The minimum Gasteiger partial charge on any atom is -0.477 e. The third kappa shape index (κ3) is 3.94. The Morgan fingerprint density at radius 3 is 2.68 bits per heavy atom. The molecule has 1 fully saturated rings. The summed E-state index contributed by atoms with van der Waals surface area (Å²) < 4.78 is 5.19. The van der Waals surface area contributed by atoms with Crippen LogP contribution in [0.25, 0.3) is 6.08 Å². The molecule has 0 aromatic carbocycles. The van der Waals surface area contributed by atoms with Gasteiger partial charge in [-0.1, -0.05) is 6.08 Å². The number of fused-ring (bicyclic) bond motifs is 1. The van der Waals surface area contributed by atoms with Gasteiger partial charge in [0.25, 0.3) is 5.91 Å². The molecule has 2 N–H and O–H groups in total. The molecule has 0 aliphatic carbocycles. The normalized spacial score (nSPS) is 22.1. The van der Waals surface area contributed by atoms with Crippen LogP contribution in [0.5, 0.6) is 0 Å². The van der Waals surface area contributed by atoms with Crippen LogP contribution < -0.4 is 5.32 Å². The zero-order chi connectivity index (χ0) is 20.6. The lowest BCUT2D eigenvalue weighted by atomic mass is 9.83. The van der Waals surface area contributed by atoms with Crippen molar-refractivity contribution in [2.75, 3.05) is 0 Å². The molecule has 2 atom stereocenters. The molecule has 28 heavy (non-hydrogen) atoms. The number of ether oxygens (including phenoxy) is 1. The smallest absolute Gasteiger partial charge is 0.408 e. The number of β-lactam (4-membered cyclic amide) rings is 1. The monoisotopic (exact) mass is 405 g/mol. The predicted molar refractivity (Wildman–Crippen MR) is 104 cm³/mol. The number of hydrogen-bond acceptors (Lipinski definition) is 6. The van der Waals surface area contributed by atoms with Gasteiger partial charge >= 0.3 is 12.1 Å². The highest BCUT2D eigenvalue weighted by Crippen LogP contribution is 2.37. The third-order valence-electron chi connectivity index (χ3n) is 4.57. The maximum atomic E-state index is 12.6. The number of carbonyl (C=O) groups excluding carboxylic acids is 2. The minimum atomic E-state index is -1.16. The Morgan fingerprint density at radius 1 is 1.39 bits per heavy atom. The number of aliphatic carboxylic acids is 1. The molecule has 3 rings (SSSR count). The number of amides is 2. The Balaban J connectivity index is 1.78. The van der Waals surface area contributed by atoms with Gasteiger partial charge in [-0.2, -0.15) is 0 Å². The fraction of sp³-hybridized carbons (Fsp3) is 0.474. The van der Waals surface area contributed by atoms with Crippen molar-refractivity contribution in [3.63, 3.8) is 0 Å². The summed E-state index contributed by atoms with van der Waals surface area (Å²) in [5.41, 5.74) is 2.48. The number of carbonyl (C=O) groups is 3. The van der Waals surface area contributed by atoms with Crippen molar-refractivity contribution in [2.45, 2.75) is 58.2 Å². The predicted octanol–water partition coefficient (Wildman–Crippen LogP) is 2.70. The molecule has 0 radical (unpaired) electrons. The van der Waals surface area contributed by atoms with Gasteiger partial charge < -0.3 is 15.2 Å². The second kappa shape index (κ2) is 7.38. The summed E-state index contributed by atoms with van der Waals surface area (Å²) >= 11 is 1.47. The first kappa shape index (κ1) is 20.1. The molecule has 0 saturated carbocycles. The molecule has 3 heterocycles. The molecule has 150 valence electrons. The van der Waals surface area contributed by atoms with E-state index in [0.29, 0.717) is 18.4 Å². The van der Waals surface area contributed by atoms with Crippen molar-refractivity contribution in [1.29, 1.82) is 0 Å². The summed E-state index contributed by atoms with van der Waals surface area (Å²) in [6.07, 6.45) is 3.94. The maximum absolute atomic E-state index is 12.6. The van der Waals surface area contributed by atoms with Crippen LogP contribution in [0, 0.1) is 6.92 Å². The average Bonchev–Trinajstić information content (AvgIpc) is 3.00. The van der Waals surface area contributed by atoms with Crippen molar-refractivity contribution >= 4 is 35.4 Å². The highest BCUT2D eigenvalue weighted by molar-refractivity contribution is 7.10.